The number of hydrogen-bond donors (Lipinski definition) is 0. The number of rotatable bonds is 0. The van der Waals surface area contributed by atoms with E-state index in [0.717, 1.165) is 15.9 Å². The van der Waals surface area contributed by atoms with Crippen molar-refractivity contribution < 1.29 is 0 Å². The third-order valence-electron chi connectivity index (χ3n) is 2.93. The van der Waals surface area contributed by atoms with Crippen molar-refractivity contribution >= 4 is 37.5 Å². The van der Waals surface area contributed by atoms with Crippen LogP contribution in [0.5, 0.6) is 0 Å². The standard InChI is InChI=1S/C13H7N3OS/c17-12-8-4-1-2-5-9(8)16-11-10(6-3-7-14-11)18-13(16)15-12/h1-7H. The Morgan fingerprint density at radius 3 is 2.94 bits per heavy atom. The number of benzene rings is 1. The van der Waals surface area contributed by atoms with Crippen molar-refractivity contribution in [1.82, 2.24) is 14.4 Å². The Labute approximate surface area is 105 Å². The number of thiazole rings is 1. The molecule has 0 unspecified atom stereocenters. The van der Waals surface area contributed by atoms with Crippen LogP contribution in [0.4, 0.5) is 0 Å². The molecule has 18 heavy (non-hydrogen) atoms. The minimum atomic E-state index is -0.183. The molecule has 0 aliphatic rings. The molecule has 0 saturated carbocycles. The second kappa shape index (κ2) is 3.36. The maximum atomic E-state index is 11.9. The maximum Gasteiger partial charge on any atom is 0.281 e. The summed E-state index contributed by atoms with van der Waals surface area (Å²) in [7, 11) is 0. The van der Waals surface area contributed by atoms with Crippen LogP contribution in [-0.4, -0.2) is 14.4 Å². The van der Waals surface area contributed by atoms with Crippen molar-refractivity contribution in [3.63, 3.8) is 0 Å². The first-order chi connectivity index (χ1) is 8.84. The van der Waals surface area contributed by atoms with E-state index in [1.54, 1.807) is 12.3 Å². The highest BCUT2D eigenvalue weighted by atomic mass is 32.1. The Hall–Kier alpha value is -2.27. The van der Waals surface area contributed by atoms with Gasteiger partial charge in [0.25, 0.3) is 5.56 Å². The molecule has 0 aliphatic carbocycles. The van der Waals surface area contributed by atoms with Gasteiger partial charge in [0.15, 0.2) is 10.6 Å². The van der Waals surface area contributed by atoms with E-state index in [1.165, 1.54) is 11.3 Å². The minimum absolute atomic E-state index is 0.183. The van der Waals surface area contributed by atoms with Gasteiger partial charge in [-0.1, -0.05) is 23.5 Å². The fourth-order valence-electron chi connectivity index (χ4n) is 2.15. The number of para-hydroxylation sites is 1. The highest BCUT2D eigenvalue weighted by Crippen LogP contribution is 2.25. The van der Waals surface area contributed by atoms with Crippen LogP contribution in [0.15, 0.2) is 47.4 Å². The van der Waals surface area contributed by atoms with Gasteiger partial charge in [-0.2, -0.15) is 4.98 Å². The number of aromatic nitrogens is 3. The molecule has 3 heterocycles. The van der Waals surface area contributed by atoms with Crippen LogP contribution in [0.3, 0.4) is 0 Å². The third-order valence-corrected chi connectivity index (χ3v) is 3.92. The van der Waals surface area contributed by atoms with Gasteiger partial charge in [-0.05, 0) is 24.3 Å². The van der Waals surface area contributed by atoms with Crippen molar-refractivity contribution in [3.05, 3.63) is 52.9 Å². The molecule has 5 heteroatoms. The quantitative estimate of drug-likeness (QED) is 0.483. The number of fused-ring (bicyclic) bond motifs is 5. The zero-order chi connectivity index (χ0) is 12.1. The Morgan fingerprint density at radius 1 is 1.11 bits per heavy atom. The lowest BCUT2D eigenvalue weighted by molar-refractivity contribution is 1.18. The monoisotopic (exact) mass is 253 g/mol. The lowest BCUT2D eigenvalue weighted by Gasteiger charge is -2.00. The van der Waals surface area contributed by atoms with E-state index in [1.807, 2.05) is 34.7 Å². The van der Waals surface area contributed by atoms with Crippen LogP contribution in [0.2, 0.25) is 0 Å². The van der Waals surface area contributed by atoms with Gasteiger partial charge in [-0.25, -0.2) is 4.98 Å². The molecule has 0 atom stereocenters. The molecule has 3 aromatic heterocycles. The summed E-state index contributed by atoms with van der Waals surface area (Å²) < 4.78 is 2.97. The van der Waals surface area contributed by atoms with Gasteiger partial charge >= 0.3 is 0 Å². The molecule has 1 aromatic carbocycles. The summed E-state index contributed by atoms with van der Waals surface area (Å²) in [6.07, 6.45) is 1.75. The topological polar surface area (TPSA) is 47.3 Å². The summed E-state index contributed by atoms with van der Waals surface area (Å²) in [5, 5.41) is 0.625. The van der Waals surface area contributed by atoms with Crippen molar-refractivity contribution in [2.24, 2.45) is 0 Å². The molecular weight excluding hydrogens is 246 g/mol. The van der Waals surface area contributed by atoms with Gasteiger partial charge in [0, 0.05) is 6.20 Å². The second-order valence-corrected chi connectivity index (χ2v) is 4.99. The van der Waals surface area contributed by atoms with Crippen LogP contribution in [-0.2, 0) is 0 Å². The van der Waals surface area contributed by atoms with E-state index in [-0.39, 0.29) is 5.56 Å². The van der Waals surface area contributed by atoms with Crippen LogP contribution < -0.4 is 5.56 Å². The van der Waals surface area contributed by atoms with Gasteiger partial charge in [0.1, 0.15) is 0 Å². The molecule has 4 rings (SSSR count). The first-order valence-electron chi connectivity index (χ1n) is 5.49. The molecule has 4 aromatic rings. The fraction of sp³-hybridized carbons (Fsp3) is 0. The lowest BCUT2D eigenvalue weighted by Crippen LogP contribution is -2.08. The highest BCUT2D eigenvalue weighted by Gasteiger charge is 2.10. The Bertz CT molecular complexity index is 955. The average Bonchev–Trinajstić information content (AvgIpc) is 2.77. The summed E-state index contributed by atoms with van der Waals surface area (Å²) in [4.78, 5) is 21.1. The summed E-state index contributed by atoms with van der Waals surface area (Å²) in [5.74, 6) is 0. The van der Waals surface area contributed by atoms with E-state index in [9.17, 15) is 4.79 Å². The number of hydrogen-bond acceptors (Lipinski definition) is 4. The van der Waals surface area contributed by atoms with Gasteiger partial charge < -0.3 is 0 Å². The predicted octanol–water partition coefficient (Wildman–Crippen LogP) is 2.46. The summed E-state index contributed by atoms with van der Waals surface area (Å²) in [5.41, 5.74) is 1.52. The van der Waals surface area contributed by atoms with Gasteiger partial charge in [0.05, 0.1) is 15.6 Å². The maximum absolute atomic E-state index is 11.9. The largest absolute Gasteiger partial charge is 0.281 e. The zero-order valence-corrected chi connectivity index (χ0v) is 10.0. The molecular formula is C13H7N3OS. The Balaban J connectivity index is 2.43. The Kier molecular flexibility index (Phi) is 1.82. The van der Waals surface area contributed by atoms with E-state index in [4.69, 9.17) is 0 Å². The summed E-state index contributed by atoms with van der Waals surface area (Å²) >= 11 is 1.48. The Morgan fingerprint density at radius 2 is 2.00 bits per heavy atom. The van der Waals surface area contributed by atoms with Crippen molar-refractivity contribution in [1.29, 1.82) is 0 Å². The van der Waals surface area contributed by atoms with Gasteiger partial charge in [-0.15, -0.1) is 0 Å². The average molecular weight is 253 g/mol. The first-order valence-corrected chi connectivity index (χ1v) is 6.31. The molecule has 0 bridgehead atoms. The molecule has 0 radical (unpaired) electrons. The molecule has 0 aliphatic heterocycles. The summed E-state index contributed by atoms with van der Waals surface area (Å²) in [6, 6.07) is 11.4. The molecule has 86 valence electrons. The molecule has 0 fully saturated rings. The van der Waals surface area contributed by atoms with Crippen molar-refractivity contribution in [2.75, 3.05) is 0 Å². The normalized spacial score (nSPS) is 11.6. The van der Waals surface area contributed by atoms with Gasteiger partial charge in [-0.3, -0.25) is 9.20 Å². The number of nitrogens with zero attached hydrogens (tertiary/aromatic N) is 3. The number of pyridine rings is 1. The second-order valence-electron chi connectivity index (χ2n) is 3.98. The highest BCUT2D eigenvalue weighted by molar-refractivity contribution is 7.23. The zero-order valence-electron chi connectivity index (χ0n) is 9.20. The van der Waals surface area contributed by atoms with Crippen LogP contribution in [0.1, 0.15) is 0 Å². The lowest BCUT2D eigenvalue weighted by atomic mass is 10.2. The van der Waals surface area contributed by atoms with E-state index >= 15 is 0 Å². The molecule has 4 nitrogen and oxygen atoms in total. The van der Waals surface area contributed by atoms with E-state index in [0.29, 0.717) is 10.3 Å². The van der Waals surface area contributed by atoms with Crippen molar-refractivity contribution in [3.8, 4) is 0 Å². The molecule has 0 saturated heterocycles. The van der Waals surface area contributed by atoms with E-state index in [2.05, 4.69) is 9.97 Å². The minimum Gasteiger partial charge on any atom is -0.268 e. The molecule has 0 amide bonds. The fourth-order valence-corrected chi connectivity index (χ4v) is 3.13. The SMILES string of the molecule is O=c1nc2sc3cccnc3n2c2ccccc12. The molecule has 0 spiro atoms. The van der Waals surface area contributed by atoms with E-state index < -0.39 is 0 Å². The summed E-state index contributed by atoms with van der Waals surface area (Å²) in [6.45, 7) is 0. The van der Waals surface area contributed by atoms with Crippen LogP contribution in [0.25, 0.3) is 26.2 Å². The molecule has 0 N–H and O–H groups in total. The third kappa shape index (κ3) is 1.16. The first kappa shape index (κ1) is 9.73. The predicted molar refractivity (Wildman–Crippen MR) is 72.1 cm³/mol. The van der Waals surface area contributed by atoms with Crippen molar-refractivity contribution in [2.45, 2.75) is 0 Å². The van der Waals surface area contributed by atoms with Crippen LogP contribution in [0, 0.1) is 0 Å². The van der Waals surface area contributed by atoms with Crippen LogP contribution >= 0.6 is 11.3 Å². The smallest absolute Gasteiger partial charge is 0.268 e. The van der Waals surface area contributed by atoms with Gasteiger partial charge in [0.2, 0.25) is 0 Å².